The van der Waals surface area contributed by atoms with Crippen LogP contribution in [-0.2, 0) is 10.0 Å². The van der Waals surface area contributed by atoms with Gasteiger partial charge in [0, 0.05) is 43.5 Å². The fraction of sp³-hybridized carbons (Fsp3) is 0.292. The van der Waals surface area contributed by atoms with E-state index in [1.54, 1.807) is 48.3 Å². The van der Waals surface area contributed by atoms with Crippen LogP contribution in [0, 0.1) is 0 Å². The van der Waals surface area contributed by atoms with Crippen LogP contribution in [-0.4, -0.2) is 80.3 Å². The monoisotopic (exact) mass is 508 g/mol. The molecule has 5 rings (SSSR count). The molecule has 0 unspecified atom stereocenters. The van der Waals surface area contributed by atoms with Gasteiger partial charge >= 0.3 is 0 Å². The first kappa shape index (κ1) is 24.0. The Morgan fingerprint density at radius 3 is 2.44 bits per heavy atom. The van der Waals surface area contributed by atoms with Gasteiger partial charge in [0.15, 0.2) is 5.65 Å². The van der Waals surface area contributed by atoms with Crippen molar-refractivity contribution in [3.63, 3.8) is 0 Å². The summed E-state index contributed by atoms with van der Waals surface area (Å²) in [5.41, 5.74) is 3.87. The number of piperazine rings is 1. The van der Waals surface area contributed by atoms with Crippen LogP contribution < -0.4 is 19.7 Å². The number of nitrogens with one attached hydrogen (secondary N) is 2. The topological polar surface area (TPSA) is 117 Å². The van der Waals surface area contributed by atoms with Gasteiger partial charge in [-0.1, -0.05) is 12.1 Å². The summed E-state index contributed by atoms with van der Waals surface area (Å²) >= 11 is 0. The molecule has 0 amide bonds. The van der Waals surface area contributed by atoms with Gasteiger partial charge in [0.05, 0.1) is 35.8 Å². The maximum absolute atomic E-state index is 12.0. The molecule has 1 saturated heterocycles. The normalized spacial score (nSPS) is 14.8. The molecule has 1 fully saturated rings. The van der Waals surface area contributed by atoms with Crippen molar-refractivity contribution in [2.45, 2.75) is 4.90 Å². The van der Waals surface area contributed by atoms with Crippen molar-refractivity contribution in [2.75, 3.05) is 57.6 Å². The molecule has 1 aliphatic heterocycles. The summed E-state index contributed by atoms with van der Waals surface area (Å²) in [7, 11) is 1.67. The molecule has 3 heterocycles. The fourth-order valence-electron chi connectivity index (χ4n) is 4.18. The number of ether oxygens (including phenoxy) is 1. The zero-order valence-electron chi connectivity index (χ0n) is 20.3. The van der Waals surface area contributed by atoms with Gasteiger partial charge in [-0.25, -0.2) is 17.7 Å². The molecule has 11 nitrogen and oxygen atoms in total. The maximum Gasteiger partial charge on any atom is 0.247 e. The van der Waals surface area contributed by atoms with Crippen LogP contribution in [0.15, 0.2) is 59.8 Å². The Bertz CT molecular complexity index is 1480. The predicted octanol–water partition coefficient (Wildman–Crippen LogP) is 2.20. The first-order valence-electron chi connectivity index (χ1n) is 11.5. The van der Waals surface area contributed by atoms with E-state index in [-0.39, 0.29) is 4.90 Å². The van der Waals surface area contributed by atoms with Crippen LogP contribution in [0.2, 0.25) is 0 Å². The highest BCUT2D eigenvalue weighted by Gasteiger charge is 2.19. The lowest BCUT2D eigenvalue weighted by Gasteiger charge is -2.34. The zero-order valence-corrected chi connectivity index (χ0v) is 21.2. The van der Waals surface area contributed by atoms with E-state index in [4.69, 9.17) is 4.74 Å². The summed E-state index contributed by atoms with van der Waals surface area (Å²) in [5, 5.41) is 7.87. The van der Waals surface area contributed by atoms with Gasteiger partial charge in [-0.15, -0.1) is 5.10 Å². The minimum atomic E-state index is -3.51. The Morgan fingerprint density at radius 2 is 1.75 bits per heavy atom. The van der Waals surface area contributed by atoms with E-state index in [2.05, 4.69) is 48.0 Å². The Balaban J connectivity index is 1.41. The molecule has 2 N–H and O–H groups in total. The molecule has 12 heteroatoms. The Kier molecular flexibility index (Phi) is 6.48. The minimum absolute atomic E-state index is 0.184. The van der Waals surface area contributed by atoms with Crippen LogP contribution >= 0.6 is 0 Å². The second-order valence-corrected chi connectivity index (χ2v) is 10.4. The number of benzene rings is 2. The highest BCUT2D eigenvalue weighted by atomic mass is 32.2. The van der Waals surface area contributed by atoms with Crippen LogP contribution in [0.5, 0.6) is 5.75 Å². The number of likely N-dealkylation sites (N-methyl/N-ethyl adjacent to an activating group) is 1. The van der Waals surface area contributed by atoms with Gasteiger partial charge in [-0.2, -0.15) is 4.98 Å². The number of aromatic nitrogens is 4. The number of anilines is 3. The van der Waals surface area contributed by atoms with Crippen molar-refractivity contribution in [2.24, 2.45) is 0 Å². The van der Waals surface area contributed by atoms with E-state index in [9.17, 15) is 8.42 Å². The first-order valence-corrected chi connectivity index (χ1v) is 13.0. The molecule has 0 bridgehead atoms. The molecule has 4 aromatic rings. The summed E-state index contributed by atoms with van der Waals surface area (Å²) in [6, 6.07) is 12.5. The molecular formula is C24H28N8O3S. The number of hydrogen-bond acceptors (Lipinski definition) is 9. The quantitative estimate of drug-likeness (QED) is 0.387. The van der Waals surface area contributed by atoms with E-state index in [0.717, 1.165) is 48.9 Å². The van der Waals surface area contributed by atoms with Crippen molar-refractivity contribution in [1.29, 1.82) is 0 Å². The van der Waals surface area contributed by atoms with Crippen molar-refractivity contribution in [3.8, 4) is 17.0 Å². The standard InChI is InChI=1S/C24H28N8O3S/c1-25-36(33,34)19-7-4-17(5-8-19)21-15-26-16-23-28-24(29-32(21)23)27-18-6-9-20(22(14-18)35-3)31-12-10-30(2)11-13-31/h4-9,14-16,25H,10-13H2,1-3H3,(H,27,29). The summed E-state index contributed by atoms with van der Waals surface area (Å²) < 4.78 is 33.7. The van der Waals surface area contributed by atoms with Crippen molar-refractivity contribution >= 4 is 33.0 Å². The molecule has 2 aromatic carbocycles. The molecule has 36 heavy (non-hydrogen) atoms. The van der Waals surface area contributed by atoms with Gasteiger partial charge in [0.2, 0.25) is 16.0 Å². The van der Waals surface area contributed by atoms with Crippen molar-refractivity contribution in [3.05, 3.63) is 54.9 Å². The molecule has 0 atom stereocenters. The third kappa shape index (κ3) is 4.70. The largest absolute Gasteiger partial charge is 0.495 e. The number of sulfonamides is 1. The SMILES string of the molecule is CNS(=O)(=O)c1ccc(-c2cncc3nc(Nc4ccc(N5CCN(C)CC5)c(OC)c4)nn23)cc1. The third-order valence-electron chi connectivity index (χ3n) is 6.26. The van der Waals surface area contributed by atoms with Crippen LogP contribution in [0.25, 0.3) is 16.9 Å². The third-order valence-corrected chi connectivity index (χ3v) is 7.69. The van der Waals surface area contributed by atoms with Gasteiger partial charge in [-0.3, -0.25) is 4.98 Å². The molecule has 2 aromatic heterocycles. The number of fused-ring (bicyclic) bond motifs is 1. The molecule has 0 saturated carbocycles. The Labute approximate surface area is 209 Å². The van der Waals surface area contributed by atoms with E-state index < -0.39 is 10.0 Å². The molecular weight excluding hydrogens is 480 g/mol. The molecule has 0 spiro atoms. The van der Waals surface area contributed by atoms with Gasteiger partial charge < -0.3 is 19.9 Å². The van der Waals surface area contributed by atoms with Crippen LogP contribution in [0.3, 0.4) is 0 Å². The minimum Gasteiger partial charge on any atom is -0.495 e. The lowest BCUT2D eigenvalue weighted by atomic mass is 10.2. The fourth-order valence-corrected chi connectivity index (χ4v) is 4.91. The van der Waals surface area contributed by atoms with Gasteiger partial charge in [0.25, 0.3) is 0 Å². The number of rotatable bonds is 7. The number of hydrogen-bond donors (Lipinski definition) is 2. The lowest BCUT2D eigenvalue weighted by Crippen LogP contribution is -2.44. The van der Waals surface area contributed by atoms with E-state index in [1.165, 1.54) is 7.05 Å². The molecule has 1 aliphatic rings. The molecule has 188 valence electrons. The number of nitrogens with zero attached hydrogens (tertiary/aromatic N) is 6. The van der Waals surface area contributed by atoms with Crippen molar-refractivity contribution < 1.29 is 13.2 Å². The smallest absolute Gasteiger partial charge is 0.247 e. The average molecular weight is 509 g/mol. The molecule has 0 aliphatic carbocycles. The summed E-state index contributed by atoms with van der Waals surface area (Å²) in [6.07, 6.45) is 3.29. The summed E-state index contributed by atoms with van der Waals surface area (Å²) in [4.78, 5) is 13.7. The van der Waals surface area contributed by atoms with Crippen LogP contribution in [0.4, 0.5) is 17.3 Å². The maximum atomic E-state index is 12.0. The Morgan fingerprint density at radius 1 is 1.00 bits per heavy atom. The lowest BCUT2D eigenvalue weighted by molar-refractivity contribution is 0.311. The average Bonchev–Trinajstić information content (AvgIpc) is 3.32. The predicted molar refractivity (Wildman–Crippen MR) is 138 cm³/mol. The van der Waals surface area contributed by atoms with E-state index in [0.29, 0.717) is 17.3 Å². The highest BCUT2D eigenvalue weighted by Crippen LogP contribution is 2.33. The molecule has 0 radical (unpaired) electrons. The number of methoxy groups -OCH3 is 1. The van der Waals surface area contributed by atoms with Crippen LogP contribution in [0.1, 0.15) is 0 Å². The zero-order chi connectivity index (χ0) is 25.3. The second-order valence-electron chi connectivity index (χ2n) is 8.53. The Hall–Kier alpha value is -3.74. The van der Waals surface area contributed by atoms with E-state index >= 15 is 0 Å². The summed E-state index contributed by atoms with van der Waals surface area (Å²) in [5.74, 6) is 1.19. The van der Waals surface area contributed by atoms with Crippen molar-refractivity contribution in [1.82, 2.24) is 29.2 Å². The van der Waals surface area contributed by atoms with Gasteiger partial charge in [-0.05, 0) is 38.4 Å². The van der Waals surface area contributed by atoms with Gasteiger partial charge in [0.1, 0.15) is 5.75 Å². The summed E-state index contributed by atoms with van der Waals surface area (Å²) in [6.45, 7) is 3.92. The first-order chi connectivity index (χ1) is 17.4. The highest BCUT2D eigenvalue weighted by molar-refractivity contribution is 7.89. The van der Waals surface area contributed by atoms with E-state index in [1.807, 2.05) is 12.1 Å². The second kappa shape index (κ2) is 9.72.